The van der Waals surface area contributed by atoms with E-state index < -0.39 is 0 Å². The molecule has 7 aromatic rings. The maximum Gasteiger partial charge on any atom is 0.326 e. The molecular formula is C32H26N6O2. The highest BCUT2D eigenvalue weighted by atomic mass is 16.5. The lowest BCUT2D eigenvalue weighted by Gasteiger charge is -2.11. The number of rotatable bonds is 7. The minimum atomic E-state index is -0.100. The van der Waals surface area contributed by atoms with Crippen molar-refractivity contribution in [3.05, 3.63) is 114 Å². The largest absolute Gasteiger partial charge is 0.493 e. The Kier molecular flexibility index (Phi) is 5.85. The van der Waals surface area contributed by atoms with Crippen molar-refractivity contribution in [2.45, 2.75) is 19.9 Å². The normalized spacial score (nSPS) is 11.5. The Hall–Kier alpha value is -5.24. The van der Waals surface area contributed by atoms with Crippen molar-refractivity contribution >= 4 is 27.5 Å². The van der Waals surface area contributed by atoms with Gasteiger partial charge in [-0.1, -0.05) is 24.3 Å². The summed E-state index contributed by atoms with van der Waals surface area (Å²) in [6.07, 6.45) is 4.48. The number of aromatic nitrogens is 6. The average molecular weight is 527 g/mol. The molecule has 5 aromatic heterocycles. The van der Waals surface area contributed by atoms with Crippen molar-refractivity contribution in [3.8, 4) is 28.3 Å². The van der Waals surface area contributed by atoms with Gasteiger partial charge in [-0.2, -0.15) is 5.10 Å². The number of para-hydroxylation sites is 2. The van der Waals surface area contributed by atoms with Gasteiger partial charge in [0.15, 0.2) is 0 Å². The fraction of sp³-hybridized carbons (Fsp3) is 0.125. The summed E-state index contributed by atoms with van der Waals surface area (Å²) < 4.78 is 9.73. The summed E-state index contributed by atoms with van der Waals surface area (Å²) in [5.41, 5.74) is 8.14. The number of hydrogen-bond acceptors (Lipinski definition) is 5. The highest BCUT2D eigenvalue weighted by molar-refractivity contribution is 6.03. The molecule has 196 valence electrons. The molecule has 2 aromatic carbocycles. The van der Waals surface area contributed by atoms with Gasteiger partial charge in [0.25, 0.3) is 0 Å². The Morgan fingerprint density at radius 3 is 2.73 bits per heavy atom. The quantitative estimate of drug-likeness (QED) is 0.256. The monoisotopic (exact) mass is 526 g/mol. The first-order valence-corrected chi connectivity index (χ1v) is 13.3. The van der Waals surface area contributed by atoms with Crippen molar-refractivity contribution < 1.29 is 4.74 Å². The predicted molar refractivity (Wildman–Crippen MR) is 157 cm³/mol. The third-order valence-corrected chi connectivity index (χ3v) is 7.13. The van der Waals surface area contributed by atoms with Crippen molar-refractivity contribution in [2.24, 2.45) is 0 Å². The van der Waals surface area contributed by atoms with E-state index in [4.69, 9.17) is 14.8 Å². The number of hydrogen-bond donors (Lipinski definition) is 1. The van der Waals surface area contributed by atoms with Gasteiger partial charge < -0.3 is 9.72 Å². The molecule has 8 nitrogen and oxygen atoms in total. The van der Waals surface area contributed by atoms with Crippen LogP contribution in [0.5, 0.6) is 5.75 Å². The van der Waals surface area contributed by atoms with E-state index in [2.05, 4.69) is 22.1 Å². The molecule has 0 atom stereocenters. The summed E-state index contributed by atoms with van der Waals surface area (Å²) in [5.74, 6) is 0.740. The summed E-state index contributed by atoms with van der Waals surface area (Å²) in [7, 11) is 0. The van der Waals surface area contributed by atoms with E-state index in [0.717, 1.165) is 61.4 Å². The fourth-order valence-corrected chi connectivity index (χ4v) is 5.30. The summed E-state index contributed by atoms with van der Waals surface area (Å²) in [6.45, 7) is 3.04. The SMILES string of the molecule is Cc1cccc(-c2nn3ccccc3c2-c2ccnc3cc(OCCCn4c(=O)[nH]c5ccccc54)ccc23)n1. The van der Waals surface area contributed by atoms with E-state index in [-0.39, 0.29) is 5.69 Å². The van der Waals surface area contributed by atoms with Gasteiger partial charge in [0, 0.05) is 41.6 Å². The van der Waals surface area contributed by atoms with Crippen molar-refractivity contribution in [1.82, 2.24) is 29.1 Å². The summed E-state index contributed by atoms with van der Waals surface area (Å²) in [4.78, 5) is 24.7. The second kappa shape index (κ2) is 9.81. The molecule has 0 aliphatic rings. The van der Waals surface area contributed by atoms with Crippen molar-refractivity contribution in [1.29, 1.82) is 0 Å². The van der Waals surface area contributed by atoms with Crippen LogP contribution in [0.1, 0.15) is 12.1 Å². The molecule has 8 heteroatoms. The van der Waals surface area contributed by atoms with Crippen LogP contribution in [0.3, 0.4) is 0 Å². The molecule has 1 N–H and O–H groups in total. The number of nitrogens with zero attached hydrogens (tertiary/aromatic N) is 5. The van der Waals surface area contributed by atoms with E-state index >= 15 is 0 Å². The number of benzene rings is 2. The Labute approximate surface area is 229 Å². The van der Waals surface area contributed by atoms with Crippen LogP contribution in [0, 0.1) is 6.92 Å². The molecule has 0 spiro atoms. The van der Waals surface area contributed by atoms with Crippen LogP contribution in [-0.2, 0) is 6.54 Å². The zero-order chi connectivity index (χ0) is 27.1. The van der Waals surface area contributed by atoms with Crippen molar-refractivity contribution in [3.63, 3.8) is 0 Å². The van der Waals surface area contributed by atoms with Gasteiger partial charge in [-0.25, -0.2) is 9.31 Å². The lowest BCUT2D eigenvalue weighted by molar-refractivity contribution is 0.302. The fourth-order valence-electron chi connectivity index (χ4n) is 5.30. The van der Waals surface area contributed by atoms with Gasteiger partial charge in [0.05, 0.1) is 34.4 Å². The highest BCUT2D eigenvalue weighted by Gasteiger charge is 2.19. The van der Waals surface area contributed by atoms with Crippen LogP contribution in [-0.4, -0.2) is 35.7 Å². The molecule has 0 aliphatic heterocycles. The first kappa shape index (κ1) is 23.8. The zero-order valence-electron chi connectivity index (χ0n) is 21.9. The van der Waals surface area contributed by atoms with Gasteiger partial charge in [0.2, 0.25) is 0 Å². The number of aryl methyl sites for hydroxylation is 2. The average Bonchev–Trinajstić information content (AvgIpc) is 3.52. The van der Waals surface area contributed by atoms with Crippen LogP contribution in [0.4, 0.5) is 0 Å². The standard InChI is InChI=1S/C32H26N6O2/c1-21-8-6-10-26(34-21)31-30(29-12-4-5-18-38(29)36-31)24-15-16-33-27-20-22(13-14-23(24)27)40-19-7-17-37-28-11-3-2-9-25(28)35-32(37)39/h2-6,8-16,18,20H,7,17,19H2,1H3,(H,35,39). The lowest BCUT2D eigenvalue weighted by Crippen LogP contribution is -2.18. The second-order valence-corrected chi connectivity index (χ2v) is 9.76. The molecule has 0 fully saturated rings. The Morgan fingerprint density at radius 2 is 1.80 bits per heavy atom. The minimum absolute atomic E-state index is 0.100. The minimum Gasteiger partial charge on any atom is -0.493 e. The van der Waals surface area contributed by atoms with Gasteiger partial charge in [-0.15, -0.1) is 0 Å². The molecular weight excluding hydrogens is 500 g/mol. The first-order chi connectivity index (χ1) is 19.7. The number of imidazole rings is 1. The molecule has 0 saturated carbocycles. The highest BCUT2D eigenvalue weighted by Crippen LogP contribution is 2.38. The number of H-pyrrole nitrogens is 1. The van der Waals surface area contributed by atoms with Crippen LogP contribution in [0.15, 0.2) is 102 Å². The zero-order valence-corrected chi connectivity index (χ0v) is 21.9. The number of fused-ring (bicyclic) bond motifs is 3. The van der Waals surface area contributed by atoms with Crippen molar-refractivity contribution in [2.75, 3.05) is 6.61 Å². The molecule has 0 bridgehead atoms. The van der Waals surface area contributed by atoms with E-state index in [1.807, 2.05) is 96.6 Å². The van der Waals surface area contributed by atoms with Crippen LogP contribution < -0.4 is 10.4 Å². The van der Waals surface area contributed by atoms with E-state index in [1.54, 1.807) is 4.57 Å². The molecule has 0 saturated heterocycles. The third-order valence-electron chi connectivity index (χ3n) is 7.13. The molecule has 0 amide bonds. The van der Waals surface area contributed by atoms with Crippen LogP contribution in [0.2, 0.25) is 0 Å². The van der Waals surface area contributed by atoms with Gasteiger partial charge in [0.1, 0.15) is 11.4 Å². The number of ether oxygens (including phenoxy) is 1. The third kappa shape index (κ3) is 4.19. The number of pyridine rings is 3. The van der Waals surface area contributed by atoms with Crippen LogP contribution >= 0.6 is 0 Å². The smallest absolute Gasteiger partial charge is 0.326 e. The Balaban J connectivity index is 1.19. The summed E-state index contributed by atoms with van der Waals surface area (Å²) in [6, 6.07) is 27.8. The maximum atomic E-state index is 12.3. The molecule has 0 radical (unpaired) electrons. The number of aromatic amines is 1. The molecule has 7 rings (SSSR count). The van der Waals surface area contributed by atoms with E-state index in [1.165, 1.54) is 0 Å². The van der Waals surface area contributed by atoms with Gasteiger partial charge >= 0.3 is 5.69 Å². The topological polar surface area (TPSA) is 90.1 Å². The maximum absolute atomic E-state index is 12.3. The molecule has 40 heavy (non-hydrogen) atoms. The van der Waals surface area contributed by atoms with Gasteiger partial charge in [-0.05, 0) is 73.5 Å². The Morgan fingerprint density at radius 1 is 0.925 bits per heavy atom. The first-order valence-electron chi connectivity index (χ1n) is 13.3. The van der Waals surface area contributed by atoms with Gasteiger partial charge in [-0.3, -0.25) is 14.5 Å². The number of nitrogens with one attached hydrogen (secondary N) is 1. The van der Waals surface area contributed by atoms with Crippen LogP contribution in [0.25, 0.3) is 50.0 Å². The lowest BCUT2D eigenvalue weighted by atomic mass is 9.98. The van der Waals surface area contributed by atoms with E-state index in [9.17, 15) is 4.79 Å². The molecule has 0 aliphatic carbocycles. The predicted octanol–water partition coefficient (Wildman–Crippen LogP) is 6.03. The van der Waals surface area contributed by atoms with E-state index in [0.29, 0.717) is 19.6 Å². The molecule has 5 heterocycles. The molecule has 0 unspecified atom stereocenters. The summed E-state index contributed by atoms with van der Waals surface area (Å²) >= 11 is 0. The second-order valence-electron chi connectivity index (χ2n) is 9.76. The Bertz CT molecular complexity index is 2070. The summed E-state index contributed by atoms with van der Waals surface area (Å²) in [5, 5.41) is 5.91.